The standard InChI is InChI=1S/C65H123NO5/c1-3-5-7-9-11-13-15-17-19-26-31-35-39-43-47-51-55-59-65(70)71-60-56-52-48-44-40-36-32-28-25-23-21-20-22-24-27-30-34-38-42-46-50-54-58-64(69)66-62(61-67)63(68)57-53-49-45-41-37-33-29-18-16-14-12-10-8-6-4-2/h11,13,17,19,53,57,62-63,67-68H,3-10,12,14-16,18,20-52,54-56,58-61H2,1-2H3,(H,66,69)/b13-11-,19-17-,57-53+. The third-order valence-electron chi connectivity index (χ3n) is 14.7. The molecule has 0 fully saturated rings. The molecule has 71 heavy (non-hydrogen) atoms. The van der Waals surface area contributed by atoms with Crippen LogP contribution in [0, 0.1) is 0 Å². The average molecular weight is 999 g/mol. The minimum absolute atomic E-state index is 0.00505. The van der Waals surface area contributed by atoms with Gasteiger partial charge in [0.25, 0.3) is 0 Å². The molecule has 2 unspecified atom stereocenters. The SMILES string of the molecule is CCCCC/C=C\C/C=C\CCCCCCCCCC(=O)OCCCCCCCCCCCCCCCCCCCCCCCCC(=O)NC(CO)C(O)/C=C/CCCCCCCCCCCCCCC. The van der Waals surface area contributed by atoms with E-state index in [1.165, 1.54) is 263 Å². The Morgan fingerprint density at radius 3 is 1.10 bits per heavy atom. The lowest BCUT2D eigenvalue weighted by Gasteiger charge is -2.20. The Morgan fingerprint density at radius 1 is 0.394 bits per heavy atom. The van der Waals surface area contributed by atoms with Gasteiger partial charge in [-0.1, -0.05) is 301 Å². The number of unbranched alkanes of at least 4 members (excludes halogenated alkanes) is 44. The van der Waals surface area contributed by atoms with Crippen molar-refractivity contribution in [1.29, 1.82) is 0 Å². The normalized spacial score (nSPS) is 12.8. The van der Waals surface area contributed by atoms with Crippen molar-refractivity contribution in [3.63, 3.8) is 0 Å². The predicted octanol–water partition coefficient (Wildman–Crippen LogP) is 20.0. The maximum Gasteiger partial charge on any atom is 0.305 e. The van der Waals surface area contributed by atoms with E-state index < -0.39 is 12.1 Å². The van der Waals surface area contributed by atoms with Crippen molar-refractivity contribution in [1.82, 2.24) is 5.32 Å². The molecule has 0 saturated heterocycles. The molecule has 0 aliphatic carbocycles. The molecule has 6 nitrogen and oxygen atoms in total. The summed E-state index contributed by atoms with van der Waals surface area (Å²) in [6.07, 6.45) is 76.1. The van der Waals surface area contributed by atoms with E-state index in [-0.39, 0.29) is 18.5 Å². The molecule has 0 spiro atoms. The van der Waals surface area contributed by atoms with Crippen LogP contribution in [0.15, 0.2) is 36.5 Å². The van der Waals surface area contributed by atoms with Crippen LogP contribution in [0.25, 0.3) is 0 Å². The van der Waals surface area contributed by atoms with Gasteiger partial charge in [0, 0.05) is 12.8 Å². The molecule has 0 radical (unpaired) electrons. The molecule has 0 aromatic heterocycles. The zero-order valence-electron chi connectivity index (χ0n) is 47.7. The highest BCUT2D eigenvalue weighted by molar-refractivity contribution is 5.76. The number of rotatable bonds is 59. The average Bonchev–Trinajstić information content (AvgIpc) is 3.37. The van der Waals surface area contributed by atoms with Crippen molar-refractivity contribution in [3.8, 4) is 0 Å². The van der Waals surface area contributed by atoms with Gasteiger partial charge in [0.05, 0.1) is 25.4 Å². The fraction of sp³-hybridized carbons (Fsp3) is 0.877. The van der Waals surface area contributed by atoms with Crippen LogP contribution < -0.4 is 5.32 Å². The first-order valence-electron chi connectivity index (χ1n) is 31.8. The summed E-state index contributed by atoms with van der Waals surface area (Å²) in [5.41, 5.74) is 0. The van der Waals surface area contributed by atoms with Crippen LogP contribution in [0.3, 0.4) is 0 Å². The molecule has 0 heterocycles. The summed E-state index contributed by atoms with van der Waals surface area (Å²) >= 11 is 0. The summed E-state index contributed by atoms with van der Waals surface area (Å²) in [4.78, 5) is 24.5. The number of nitrogens with one attached hydrogen (secondary N) is 1. The largest absolute Gasteiger partial charge is 0.466 e. The van der Waals surface area contributed by atoms with Crippen LogP contribution in [0.1, 0.15) is 341 Å². The van der Waals surface area contributed by atoms with E-state index >= 15 is 0 Å². The van der Waals surface area contributed by atoms with Gasteiger partial charge in [-0.25, -0.2) is 0 Å². The first-order valence-corrected chi connectivity index (χ1v) is 31.8. The van der Waals surface area contributed by atoms with Crippen molar-refractivity contribution in [3.05, 3.63) is 36.5 Å². The lowest BCUT2D eigenvalue weighted by Crippen LogP contribution is -2.45. The second-order valence-corrected chi connectivity index (χ2v) is 21.7. The highest BCUT2D eigenvalue weighted by Crippen LogP contribution is 2.18. The molecular weight excluding hydrogens is 875 g/mol. The van der Waals surface area contributed by atoms with Gasteiger partial charge in [-0.15, -0.1) is 0 Å². The van der Waals surface area contributed by atoms with Crippen LogP contribution in [-0.4, -0.2) is 47.4 Å². The highest BCUT2D eigenvalue weighted by Gasteiger charge is 2.18. The van der Waals surface area contributed by atoms with Gasteiger partial charge in [-0.3, -0.25) is 9.59 Å². The summed E-state index contributed by atoms with van der Waals surface area (Å²) in [5.74, 6) is -0.0619. The number of esters is 1. The van der Waals surface area contributed by atoms with E-state index in [4.69, 9.17) is 4.74 Å². The first kappa shape index (κ1) is 69.1. The minimum Gasteiger partial charge on any atom is -0.466 e. The van der Waals surface area contributed by atoms with Crippen LogP contribution in [0.4, 0.5) is 0 Å². The Labute approximate surface area is 443 Å². The van der Waals surface area contributed by atoms with Gasteiger partial charge in [0.15, 0.2) is 0 Å². The number of amides is 1. The summed E-state index contributed by atoms with van der Waals surface area (Å²) in [5, 5.41) is 23.1. The molecule has 0 aromatic rings. The maximum absolute atomic E-state index is 12.5. The Hall–Kier alpha value is -1.92. The molecule has 3 N–H and O–H groups in total. The van der Waals surface area contributed by atoms with Gasteiger partial charge in [-0.05, 0) is 64.2 Å². The Morgan fingerprint density at radius 2 is 0.704 bits per heavy atom. The highest BCUT2D eigenvalue weighted by atomic mass is 16.5. The number of carbonyl (C=O) groups excluding carboxylic acids is 2. The molecule has 0 rings (SSSR count). The molecule has 418 valence electrons. The summed E-state index contributed by atoms with van der Waals surface area (Å²) < 4.78 is 5.49. The smallest absolute Gasteiger partial charge is 0.305 e. The fourth-order valence-corrected chi connectivity index (χ4v) is 9.78. The summed E-state index contributed by atoms with van der Waals surface area (Å²) in [6, 6.07) is -0.628. The third kappa shape index (κ3) is 57.2. The molecule has 2 atom stereocenters. The molecule has 6 heteroatoms. The second kappa shape index (κ2) is 60.6. The van der Waals surface area contributed by atoms with Crippen molar-refractivity contribution < 1.29 is 24.5 Å². The van der Waals surface area contributed by atoms with Crippen molar-refractivity contribution in [2.24, 2.45) is 0 Å². The third-order valence-corrected chi connectivity index (χ3v) is 14.7. The quantitative estimate of drug-likeness (QED) is 0.0321. The molecule has 1 amide bonds. The number of hydrogen-bond donors (Lipinski definition) is 3. The second-order valence-electron chi connectivity index (χ2n) is 21.7. The van der Waals surface area contributed by atoms with E-state index in [9.17, 15) is 19.8 Å². The van der Waals surface area contributed by atoms with E-state index in [1.807, 2.05) is 6.08 Å². The molecular formula is C65H123NO5. The topological polar surface area (TPSA) is 95.9 Å². The van der Waals surface area contributed by atoms with Crippen LogP contribution in [-0.2, 0) is 14.3 Å². The zero-order chi connectivity index (χ0) is 51.4. The molecule has 0 aliphatic rings. The lowest BCUT2D eigenvalue weighted by atomic mass is 10.0. The van der Waals surface area contributed by atoms with Crippen LogP contribution >= 0.6 is 0 Å². The first-order chi connectivity index (χ1) is 35.0. The van der Waals surface area contributed by atoms with E-state index in [0.29, 0.717) is 19.4 Å². The molecule has 0 bridgehead atoms. The lowest BCUT2D eigenvalue weighted by molar-refractivity contribution is -0.143. The number of aliphatic hydroxyl groups is 2. The van der Waals surface area contributed by atoms with Gasteiger partial charge >= 0.3 is 5.97 Å². The predicted molar refractivity (Wildman–Crippen MR) is 310 cm³/mol. The maximum atomic E-state index is 12.5. The van der Waals surface area contributed by atoms with Crippen molar-refractivity contribution in [2.45, 2.75) is 353 Å². The van der Waals surface area contributed by atoms with Gasteiger partial charge in [0.2, 0.25) is 5.91 Å². The Balaban J connectivity index is 3.39. The zero-order valence-corrected chi connectivity index (χ0v) is 47.7. The van der Waals surface area contributed by atoms with E-state index in [2.05, 4.69) is 43.5 Å². The van der Waals surface area contributed by atoms with Crippen LogP contribution in [0.2, 0.25) is 0 Å². The number of allylic oxidation sites excluding steroid dienone is 5. The van der Waals surface area contributed by atoms with E-state index in [1.54, 1.807) is 6.08 Å². The number of ether oxygens (including phenoxy) is 1. The molecule has 0 aromatic carbocycles. The monoisotopic (exact) mass is 998 g/mol. The molecule has 0 saturated carbocycles. The summed E-state index contributed by atoms with van der Waals surface area (Å²) in [7, 11) is 0. The Kier molecular flexibility index (Phi) is 59.0. The number of aliphatic hydroxyl groups excluding tert-OH is 2. The van der Waals surface area contributed by atoms with Gasteiger partial charge in [-0.2, -0.15) is 0 Å². The fourth-order valence-electron chi connectivity index (χ4n) is 9.78. The minimum atomic E-state index is -0.845. The summed E-state index contributed by atoms with van der Waals surface area (Å²) in [6.45, 7) is 4.89. The number of hydrogen-bond acceptors (Lipinski definition) is 5. The van der Waals surface area contributed by atoms with Gasteiger partial charge in [0.1, 0.15) is 0 Å². The van der Waals surface area contributed by atoms with Crippen molar-refractivity contribution >= 4 is 11.9 Å². The van der Waals surface area contributed by atoms with Crippen molar-refractivity contribution in [2.75, 3.05) is 13.2 Å². The molecule has 0 aliphatic heterocycles. The van der Waals surface area contributed by atoms with E-state index in [0.717, 1.165) is 51.4 Å². The van der Waals surface area contributed by atoms with Crippen LogP contribution in [0.5, 0.6) is 0 Å². The Bertz CT molecular complexity index is 1150. The number of carbonyl (C=O) groups is 2. The van der Waals surface area contributed by atoms with Gasteiger partial charge < -0.3 is 20.3 Å².